The van der Waals surface area contributed by atoms with E-state index in [4.69, 9.17) is 10.2 Å². The molecule has 0 amide bonds. The predicted molar refractivity (Wildman–Crippen MR) is 88.9 cm³/mol. The van der Waals surface area contributed by atoms with Crippen LogP contribution in [0.25, 0.3) is 0 Å². The topological polar surface area (TPSA) is 74.6 Å². The van der Waals surface area contributed by atoms with Crippen molar-refractivity contribution >= 4 is 11.9 Å². The Morgan fingerprint density at radius 1 is 0.864 bits per heavy atom. The molecule has 0 radical (unpaired) electrons. The largest absolute Gasteiger partial charge is 0.481 e. The Morgan fingerprint density at radius 2 is 1.45 bits per heavy atom. The molecule has 1 atom stereocenters. The Morgan fingerprint density at radius 3 is 2.00 bits per heavy atom. The van der Waals surface area contributed by atoms with Crippen LogP contribution in [0.4, 0.5) is 0 Å². The summed E-state index contributed by atoms with van der Waals surface area (Å²) in [6.45, 7) is 3.86. The second-order valence-electron chi connectivity index (χ2n) is 5.69. The molecule has 0 fully saturated rings. The molecule has 4 heteroatoms. The second-order valence-corrected chi connectivity index (χ2v) is 5.69. The van der Waals surface area contributed by atoms with Gasteiger partial charge >= 0.3 is 11.9 Å². The zero-order valence-electron chi connectivity index (χ0n) is 13.5. The van der Waals surface area contributed by atoms with Crippen LogP contribution in [0.5, 0.6) is 0 Å². The molecule has 1 unspecified atom stereocenters. The summed E-state index contributed by atoms with van der Waals surface area (Å²) in [5.74, 6) is -0.965. The molecule has 0 bridgehead atoms. The third-order valence-electron chi connectivity index (χ3n) is 3.67. The molecule has 0 rings (SSSR count). The molecular formula is C18H30O4. The van der Waals surface area contributed by atoms with E-state index in [0.29, 0.717) is 5.92 Å². The lowest BCUT2D eigenvalue weighted by Gasteiger charge is -2.09. The highest BCUT2D eigenvalue weighted by molar-refractivity contribution is 5.66. The molecule has 0 aromatic carbocycles. The van der Waals surface area contributed by atoms with E-state index in [1.54, 1.807) is 0 Å². The van der Waals surface area contributed by atoms with Gasteiger partial charge in [0.2, 0.25) is 0 Å². The van der Waals surface area contributed by atoms with Gasteiger partial charge in [0.05, 0.1) is 0 Å². The lowest BCUT2D eigenvalue weighted by atomic mass is 9.97. The minimum atomic E-state index is -0.716. The van der Waals surface area contributed by atoms with Crippen LogP contribution in [0.15, 0.2) is 24.8 Å². The molecule has 126 valence electrons. The molecule has 0 heterocycles. The fraction of sp³-hybridized carbons (Fsp3) is 0.667. The number of carbonyl (C=O) groups is 2. The summed E-state index contributed by atoms with van der Waals surface area (Å²) in [5, 5.41) is 17.1. The van der Waals surface area contributed by atoms with Gasteiger partial charge in [0, 0.05) is 12.8 Å². The van der Waals surface area contributed by atoms with E-state index in [0.717, 1.165) is 57.8 Å². The van der Waals surface area contributed by atoms with E-state index < -0.39 is 11.9 Å². The van der Waals surface area contributed by atoms with Gasteiger partial charge in [-0.15, -0.1) is 6.58 Å². The maximum Gasteiger partial charge on any atom is 0.303 e. The first-order valence-corrected chi connectivity index (χ1v) is 8.27. The first-order valence-electron chi connectivity index (χ1n) is 8.27. The molecular weight excluding hydrogens is 280 g/mol. The number of hydrogen-bond donors (Lipinski definition) is 2. The molecule has 0 aliphatic carbocycles. The Balaban J connectivity index is 3.55. The number of aliphatic carboxylic acids is 2. The van der Waals surface area contributed by atoms with Crippen LogP contribution in [-0.4, -0.2) is 22.2 Å². The van der Waals surface area contributed by atoms with Crippen molar-refractivity contribution in [3.63, 3.8) is 0 Å². The van der Waals surface area contributed by atoms with Crippen molar-refractivity contribution < 1.29 is 19.8 Å². The fourth-order valence-corrected chi connectivity index (χ4v) is 2.30. The third kappa shape index (κ3) is 14.8. The highest BCUT2D eigenvalue weighted by atomic mass is 16.4. The monoisotopic (exact) mass is 310 g/mol. The van der Waals surface area contributed by atoms with Crippen LogP contribution >= 0.6 is 0 Å². The molecule has 0 saturated carbocycles. The average Bonchev–Trinajstić information content (AvgIpc) is 2.46. The third-order valence-corrected chi connectivity index (χ3v) is 3.67. The standard InChI is InChI=1S/C18H30O4/c1-2-16(13-9-7-11-15-18(21)22)12-8-5-3-4-6-10-14-17(19)20/h2,5,8,16H,1,3-4,6-7,9-15H2,(H,19,20)(H,21,22). The molecule has 0 aromatic rings. The quantitative estimate of drug-likeness (QED) is 0.336. The molecule has 0 spiro atoms. The number of allylic oxidation sites excluding steroid dienone is 3. The molecule has 0 aliphatic rings. The minimum absolute atomic E-state index is 0.264. The van der Waals surface area contributed by atoms with E-state index in [2.05, 4.69) is 18.7 Å². The Kier molecular flexibility index (Phi) is 13.3. The van der Waals surface area contributed by atoms with Crippen molar-refractivity contribution in [1.82, 2.24) is 0 Å². The van der Waals surface area contributed by atoms with Crippen molar-refractivity contribution in [3.8, 4) is 0 Å². The first-order chi connectivity index (χ1) is 10.6. The molecule has 2 N–H and O–H groups in total. The number of rotatable bonds is 15. The summed E-state index contributed by atoms with van der Waals surface area (Å²) in [5.41, 5.74) is 0. The lowest BCUT2D eigenvalue weighted by Crippen LogP contribution is -1.97. The summed E-state index contributed by atoms with van der Waals surface area (Å²) >= 11 is 0. The van der Waals surface area contributed by atoms with Crippen molar-refractivity contribution in [2.75, 3.05) is 0 Å². The van der Waals surface area contributed by atoms with Gasteiger partial charge in [-0.05, 0) is 44.4 Å². The van der Waals surface area contributed by atoms with Gasteiger partial charge < -0.3 is 10.2 Å². The minimum Gasteiger partial charge on any atom is -0.481 e. The van der Waals surface area contributed by atoms with Crippen molar-refractivity contribution in [1.29, 1.82) is 0 Å². The van der Waals surface area contributed by atoms with Gasteiger partial charge in [-0.25, -0.2) is 0 Å². The highest BCUT2D eigenvalue weighted by Crippen LogP contribution is 2.16. The molecule has 0 saturated heterocycles. The Bertz CT molecular complexity index is 347. The first kappa shape index (κ1) is 20.4. The van der Waals surface area contributed by atoms with Crippen molar-refractivity contribution in [3.05, 3.63) is 24.8 Å². The smallest absolute Gasteiger partial charge is 0.303 e. The maximum atomic E-state index is 10.4. The molecule has 0 aromatic heterocycles. The Hall–Kier alpha value is -1.58. The van der Waals surface area contributed by atoms with Crippen LogP contribution < -0.4 is 0 Å². The van der Waals surface area contributed by atoms with Crippen LogP contribution in [0.1, 0.15) is 70.6 Å². The highest BCUT2D eigenvalue weighted by Gasteiger charge is 2.03. The molecule has 0 aliphatic heterocycles. The summed E-state index contributed by atoms with van der Waals surface area (Å²) in [7, 11) is 0. The van der Waals surface area contributed by atoms with Crippen molar-refractivity contribution in [2.24, 2.45) is 5.92 Å². The van der Waals surface area contributed by atoms with Crippen molar-refractivity contribution in [2.45, 2.75) is 70.6 Å². The second kappa shape index (κ2) is 14.4. The van der Waals surface area contributed by atoms with E-state index in [-0.39, 0.29) is 12.8 Å². The number of hydrogen-bond acceptors (Lipinski definition) is 2. The number of carboxylic acid groups (broad SMARTS) is 2. The van der Waals surface area contributed by atoms with Crippen LogP contribution in [0, 0.1) is 5.92 Å². The van der Waals surface area contributed by atoms with E-state index in [1.165, 1.54) is 0 Å². The Labute approximate surface area is 133 Å². The average molecular weight is 310 g/mol. The van der Waals surface area contributed by atoms with E-state index in [9.17, 15) is 9.59 Å². The summed E-state index contributed by atoms with van der Waals surface area (Å²) < 4.78 is 0. The predicted octanol–water partition coefficient (Wildman–Crippen LogP) is 4.81. The van der Waals surface area contributed by atoms with Gasteiger partial charge in [0.15, 0.2) is 0 Å². The van der Waals surface area contributed by atoms with Crippen LogP contribution in [0.3, 0.4) is 0 Å². The SMILES string of the molecule is C=CC(CC=CCCCCCC(=O)O)CCCCCC(=O)O. The fourth-order valence-electron chi connectivity index (χ4n) is 2.30. The van der Waals surface area contributed by atoms with E-state index >= 15 is 0 Å². The van der Waals surface area contributed by atoms with Gasteiger partial charge in [-0.2, -0.15) is 0 Å². The maximum absolute atomic E-state index is 10.4. The zero-order valence-corrected chi connectivity index (χ0v) is 13.5. The summed E-state index contributed by atoms with van der Waals surface area (Å²) in [6.07, 6.45) is 15.4. The van der Waals surface area contributed by atoms with Gasteiger partial charge in [-0.3, -0.25) is 9.59 Å². The summed E-state index contributed by atoms with van der Waals surface area (Å²) in [4.78, 5) is 20.8. The lowest BCUT2D eigenvalue weighted by molar-refractivity contribution is -0.138. The molecule has 4 nitrogen and oxygen atoms in total. The zero-order chi connectivity index (χ0) is 16.6. The van der Waals surface area contributed by atoms with Crippen LogP contribution in [-0.2, 0) is 9.59 Å². The number of carboxylic acids is 2. The van der Waals surface area contributed by atoms with Gasteiger partial charge in [-0.1, -0.05) is 37.5 Å². The van der Waals surface area contributed by atoms with E-state index in [1.807, 2.05) is 6.08 Å². The van der Waals surface area contributed by atoms with Gasteiger partial charge in [0.1, 0.15) is 0 Å². The molecule has 22 heavy (non-hydrogen) atoms. The number of unbranched alkanes of at least 4 members (excludes halogenated alkanes) is 5. The van der Waals surface area contributed by atoms with Gasteiger partial charge in [0.25, 0.3) is 0 Å². The summed E-state index contributed by atoms with van der Waals surface area (Å²) in [6, 6.07) is 0. The normalized spacial score (nSPS) is 12.4. The van der Waals surface area contributed by atoms with Crippen LogP contribution in [0.2, 0.25) is 0 Å².